The monoisotopic (exact) mass is 745 g/mol. The van der Waals surface area contributed by atoms with Crippen molar-refractivity contribution in [3.63, 3.8) is 0 Å². The van der Waals surface area contributed by atoms with Crippen LogP contribution in [-0.4, -0.2) is 32.8 Å². The fraction of sp³-hybridized carbons (Fsp3) is 0.152. The van der Waals surface area contributed by atoms with E-state index in [9.17, 15) is 9.90 Å². The van der Waals surface area contributed by atoms with E-state index in [1.807, 2.05) is 115 Å². The summed E-state index contributed by atoms with van der Waals surface area (Å²) in [6, 6.07) is 47.8. The Morgan fingerprint density at radius 1 is 0.745 bits per heavy atom. The van der Waals surface area contributed by atoms with E-state index in [0.29, 0.717) is 29.5 Å². The number of benzene rings is 5. The molecule has 2 aromatic heterocycles. The molecule has 1 aliphatic rings. The summed E-state index contributed by atoms with van der Waals surface area (Å²) in [5.74, 6) is 1.17. The van der Waals surface area contributed by atoms with Gasteiger partial charge in [-0.1, -0.05) is 145 Å². The molecule has 0 unspecified atom stereocenters. The van der Waals surface area contributed by atoms with E-state index in [4.69, 9.17) is 18.9 Å². The predicted octanol–water partition coefficient (Wildman–Crippen LogP) is 9.83. The molecule has 1 aliphatic heterocycles. The largest absolute Gasteiger partial charge is 0.431 e. The van der Waals surface area contributed by atoms with Gasteiger partial charge in [-0.3, -0.25) is 9.78 Å². The second kappa shape index (κ2) is 17.1. The fourth-order valence-electron chi connectivity index (χ4n) is 6.68. The van der Waals surface area contributed by atoms with Crippen LogP contribution in [-0.2, 0) is 22.6 Å². The molecule has 8 rings (SSSR count). The van der Waals surface area contributed by atoms with Gasteiger partial charge in [-0.15, -0.1) is 0 Å². The molecule has 0 aliphatic carbocycles. The highest BCUT2D eigenvalue weighted by atomic mass is 32.2. The van der Waals surface area contributed by atoms with E-state index in [2.05, 4.69) is 28.5 Å². The molecule has 2 N–H and O–H groups in total. The number of pyridine rings is 1. The van der Waals surface area contributed by atoms with E-state index in [1.54, 1.807) is 24.5 Å². The maximum absolute atomic E-state index is 12.7. The maximum Gasteiger partial charge on any atom is 0.256 e. The Morgan fingerprint density at radius 3 is 2.18 bits per heavy atom. The SMILES string of the molecule is O=C(NCc1ccccc1-c1ccc([C@H]2O[C@@H](CSc3nc(-c4ccccc4)c(-c4ccccc4)o3)C[C@@H](c3ccc(CO)cc3)O2)cc1)c1cccnc1. The molecule has 55 heavy (non-hydrogen) atoms. The number of aromatic nitrogens is 2. The standard InChI is InChI=1S/C46H39N3O5S/c50-29-31-17-19-33(20-18-31)41-26-39(30-55-46-49-42(34-10-3-1-4-11-34)43(54-46)35-12-5-2-6-13-35)52-45(53-41)36-23-21-32(22-24-36)40-16-8-7-14-37(40)28-48-44(51)38-15-9-25-47-27-38/h1-25,27,39,41,45,50H,26,28-30H2,(H,48,51)/t39-,41+,45+/m1/s1. The molecular weight excluding hydrogens is 707 g/mol. The zero-order valence-corrected chi connectivity index (χ0v) is 30.8. The van der Waals surface area contributed by atoms with Gasteiger partial charge in [0.05, 0.1) is 24.4 Å². The van der Waals surface area contributed by atoms with Crippen LogP contribution in [0, 0.1) is 0 Å². The number of hydrogen-bond acceptors (Lipinski definition) is 8. The van der Waals surface area contributed by atoms with Crippen LogP contribution in [0.3, 0.4) is 0 Å². The molecule has 1 amide bonds. The van der Waals surface area contributed by atoms with Gasteiger partial charge in [0.25, 0.3) is 11.1 Å². The second-order valence-corrected chi connectivity index (χ2v) is 14.2. The average Bonchev–Trinajstić information content (AvgIpc) is 3.70. The Balaban J connectivity index is 1.02. The Morgan fingerprint density at radius 2 is 1.45 bits per heavy atom. The van der Waals surface area contributed by atoms with Crippen molar-refractivity contribution in [2.45, 2.75) is 43.3 Å². The normalized spacial score (nSPS) is 16.8. The highest BCUT2D eigenvalue weighted by molar-refractivity contribution is 7.99. The predicted molar refractivity (Wildman–Crippen MR) is 214 cm³/mol. The molecule has 274 valence electrons. The molecule has 3 heterocycles. The van der Waals surface area contributed by atoms with Crippen LogP contribution in [0.5, 0.6) is 0 Å². The first-order chi connectivity index (χ1) is 27.1. The number of carbonyl (C=O) groups excluding carboxylic acids is 1. The third-order valence-electron chi connectivity index (χ3n) is 9.57. The van der Waals surface area contributed by atoms with Crippen molar-refractivity contribution in [1.29, 1.82) is 0 Å². The van der Waals surface area contributed by atoms with Crippen molar-refractivity contribution < 1.29 is 23.8 Å². The lowest BCUT2D eigenvalue weighted by Crippen LogP contribution is -2.31. The van der Waals surface area contributed by atoms with E-state index in [0.717, 1.165) is 56.0 Å². The quantitative estimate of drug-likeness (QED) is 0.119. The molecule has 8 nitrogen and oxygen atoms in total. The van der Waals surface area contributed by atoms with Crippen LogP contribution in [0.25, 0.3) is 33.7 Å². The first-order valence-corrected chi connectivity index (χ1v) is 19.2. The smallest absolute Gasteiger partial charge is 0.256 e. The van der Waals surface area contributed by atoms with Crippen LogP contribution >= 0.6 is 11.8 Å². The van der Waals surface area contributed by atoms with Crippen molar-refractivity contribution in [3.8, 4) is 33.7 Å². The zero-order chi connectivity index (χ0) is 37.4. The van der Waals surface area contributed by atoms with E-state index >= 15 is 0 Å². The summed E-state index contributed by atoms with van der Waals surface area (Å²) < 4.78 is 19.7. The number of nitrogens with zero attached hydrogens (tertiary/aromatic N) is 2. The van der Waals surface area contributed by atoms with E-state index in [-0.39, 0.29) is 24.7 Å². The minimum Gasteiger partial charge on any atom is -0.431 e. The Hall–Kier alpha value is -5.84. The number of nitrogens with one attached hydrogen (secondary N) is 1. The van der Waals surface area contributed by atoms with Gasteiger partial charge in [0.2, 0.25) is 0 Å². The molecule has 7 aromatic rings. The number of aliphatic hydroxyl groups excluding tert-OH is 1. The lowest BCUT2D eigenvalue weighted by molar-refractivity contribution is -0.245. The zero-order valence-electron chi connectivity index (χ0n) is 30.0. The van der Waals surface area contributed by atoms with Gasteiger partial charge in [-0.05, 0) is 39.9 Å². The first kappa shape index (κ1) is 36.2. The van der Waals surface area contributed by atoms with Crippen molar-refractivity contribution >= 4 is 17.7 Å². The minimum atomic E-state index is -0.616. The number of carbonyl (C=O) groups is 1. The lowest BCUT2D eigenvalue weighted by atomic mass is 9.97. The van der Waals surface area contributed by atoms with Crippen LogP contribution in [0.4, 0.5) is 0 Å². The third-order valence-corrected chi connectivity index (χ3v) is 10.5. The highest BCUT2D eigenvalue weighted by Gasteiger charge is 2.33. The first-order valence-electron chi connectivity index (χ1n) is 18.2. The van der Waals surface area contributed by atoms with Crippen molar-refractivity contribution in [1.82, 2.24) is 15.3 Å². The van der Waals surface area contributed by atoms with Gasteiger partial charge in [0.1, 0.15) is 5.69 Å². The molecule has 0 radical (unpaired) electrons. The fourth-order valence-corrected chi connectivity index (χ4v) is 7.52. The highest BCUT2D eigenvalue weighted by Crippen LogP contribution is 2.41. The Labute approximate surface area is 324 Å². The van der Waals surface area contributed by atoms with Gasteiger partial charge in [-0.25, -0.2) is 4.98 Å². The molecule has 1 fully saturated rings. The number of thioether (sulfide) groups is 1. The molecule has 0 saturated carbocycles. The van der Waals surface area contributed by atoms with Gasteiger partial charge >= 0.3 is 0 Å². The van der Waals surface area contributed by atoms with Gasteiger partial charge in [0.15, 0.2) is 12.1 Å². The van der Waals surface area contributed by atoms with Gasteiger partial charge in [-0.2, -0.15) is 0 Å². The topological polar surface area (TPSA) is 107 Å². The number of hydrogen-bond donors (Lipinski definition) is 2. The van der Waals surface area contributed by atoms with Crippen LogP contribution in [0.1, 0.15) is 51.4 Å². The lowest BCUT2D eigenvalue weighted by Gasteiger charge is -2.36. The Bertz CT molecular complexity index is 2260. The summed E-state index contributed by atoms with van der Waals surface area (Å²) in [6.07, 6.45) is 2.82. The summed E-state index contributed by atoms with van der Waals surface area (Å²) in [4.78, 5) is 21.7. The Kier molecular flexibility index (Phi) is 11.2. The molecule has 0 bridgehead atoms. The number of ether oxygens (including phenoxy) is 2. The molecular formula is C46H39N3O5S. The third kappa shape index (κ3) is 8.61. The van der Waals surface area contributed by atoms with Crippen molar-refractivity contribution in [2.75, 3.05) is 5.75 Å². The second-order valence-electron chi connectivity index (χ2n) is 13.3. The average molecular weight is 746 g/mol. The number of oxazole rings is 1. The molecule has 9 heteroatoms. The summed E-state index contributed by atoms with van der Waals surface area (Å²) in [5, 5.41) is 13.2. The number of aliphatic hydroxyl groups is 1. The van der Waals surface area contributed by atoms with Crippen LogP contribution in [0.2, 0.25) is 0 Å². The van der Waals surface area contributed by atoms with Gasteiger partial charge < -0.3 is 24.3 Å². The molecule has 0 spiro atoms. The van der Waals surface area contributed by atoms with E-state index in [1.165, 1.54) is 11.8 Å². The maximum atomic E-state index is 12.7. The number of rotatable bonds is 12. The molecule has 5 aromatic carbocycles. The summed E-state index contributed by atoms with van der Waals surface area (Å²) in [7, 11) is 0. The number of amides is 1. The molecule has 3 atom stereocenters. The van der Waals surface area contributed by atoms with Gasteiger partial charge in [0, 0.05) is 47.8 Å². The van der Waals surface area contributed by atoms with Crippen molar-refractivity contribution in [2.24, 2.45) is 0 Å². The minimum absolute atomic E-state index is 0.0186. The summed E-state index contributed by atoms with van der Waals surface area (Å²) in [5.41, 5.74) is 9.09. The summed E-state index contributed by atoms with van der Waals surface area (Å²) >= 11 is 1.53. The van der Waals surface area contributed by atoms with Crippen LogP contribution < -0.4 is 5.32 Å². The molecule has 1 saturated heterocycles. The van der Waals surface area contributed by atoms with Crippen LogP contribution in [0.15, 0.2) is 168 Å². The summed E-state index contributed by atoms with van der Waals surface area (Å²) in [6.45, 7) is 0.357. The van der Waals surface area contributed by atoms with E-state index < -0.39 is 6.29 Å². The van der Waals surface area contributed by atoms with Crippen molar-refractivity contribution in [3.05, 3.63) is 186 Å².